The normalized spacial score (nSPS) is 36.8. The summed E-state index contributed by atoms with van der Waals surface area (Å²) < 4.78 is 5.46. The van der Waals surface area contributed by atoms with Crippen LogP contribution in [0, 0.1) is 11.8 Å². The maximum absolute atomic E-state index is 5.46. The van der Waals surface area contributed by atoms with Gasteiger partial charge >= 0.3 is 0 Å². The van der Waals surface area contributed by atoms with Gasteiger partial charge in [-0.05, 0) is 31.1 Å². The lowest BCUT2D eigenvalue weighted by molar-refractivity contribution is 0.0264. The average molecular weight is 170 g/mol. The highest BCUT2D eigenvalue weighted by Gasteiger charge is 2.26. The largest absolute Gasteiger partial charge is 0.381 e. The van der Waals surface area contributed by atoms with Gasteiger partial charge in [0.05, 0.1) is 6.10 Å². The fourth-order valence-corrected chi connectivity index (χ4v) is 2.36. The first-order chi connectivity index (χ1) is 5.80. The van der Waals surface area contributed by atoms with E-state index in [0.717, 1.165) is 11.8 Å². The van der Waals surface area contributed by atoms with Crippen molar-refractivity contribution < 1.29 is 4.74 Å². The molecule has 1 aliphatic rings. The molecule has 0 aliphatic heterocycles. The van der Waals surface area contributed by atoms with E-state index in [4.69, 9.17) is 4.74 Å². The van der Waals surface area contributed by atoms with E-state index in [9.17, 15) is 0 Å². The fraction of sp³-hybridized carbons (Fsp3) is 1.00. The minimum Gasteiger partial charge on any atom is -0.381 e. The van der Waals surface area contributed by atoms with Gasteiger partial charge in [0.25, 0.3) is 0 Å². The quantitative estimate of drug-likeness (QED) is 0.632. The Morgan fingerprint density at radius 2 is 1.50 bits per heavy atom. The Morgan fingerprint density at radius 3 is 1.83 bits per heavy atom. The molecule has 0 N–H and O–H groups in total. The van der Waals surface area contributed by atoms with Crippen LogP contribution in [0.5, 0.6) is 0 Å². The highest BCUT2D eigenvalue weighted by atomic mass is 16.5. The van der Waals surface area contributed by atoms with Crippen molar-refractivity contribution in [3.8, 4) is 0 Å². The smallest absolute Gasteiger partial charge is 0.0576 e. The van der Waals surface area contributed by atoms with Gasteiger partial charge in [-0.3, -0.25) is 0 Å². The summed E-state index contributed by atoms with van der Waals surface area (Å²) in [5.74, 6) is 1.85. The van der Waals surface area contributed by atoms with Crippen molar-refractivity contribution in [3.05, 3.63) is 0 Å². The second-order valence-corrected chi connectivity index (χ2v) is 4.11. The third-order valence-corrected chi connectivity index (χ3v) is 3.35. The van der Waals surface area contributed by atoms with Crippen LogP contribution in [0.3, 0.4) is 0 Å². The van der Waals surface area contributed by atoms with Gasteiger partial charge in [0.2, 0.25) is 0 Å². The molecule has 0 amide bonds. The van der Waals surface area contributed by atoms with E-state index in [1.807, 2.05) is 7.11 Å². The molecule has 0 aromatic heterocycles. The SMILES string of the molecule is CC[C@@H]1CC(OC)C[C@H](CC)C1. The van der Waals surface area contributed by atoms with E-state index < -0.39 is 0 Å². The lowest BCUT2D eigenvalue weighted by Crippen LogP contribution is -2.27. The van der Waals surface area contributed by atoms with Crippen LogP contribution in [0.2, 0.25) is 0 Å². The van der Waals surface area contributed by atoms with Gasteiger partial charge in [0.15, 0.2) is 0 Å². The third-order valence-electron chi connectivity index (χ3n) is 3.35. The molecule has 1 rings (SSSR count). The molecule has 1 unspecified atom stereocenters. The summed E-state index contributed by atoms with van der Waals surface area (Å²) in [4.78, 5) is 0. The first-order valence-corrected chi connectivity index (χ1v) is 5.32. The number of hydrogen-bond donors (Lipinski definition) is 0. The molecule has 1 fully saturated rings. The van der Waals surface area contributed by atoms with Gasteiger partial charge in [0.1, 0.15) is 0 Å². The molecule has 0 bridgehead atoms. The molecular weight excluding hydrogens is 148 g/mol. The number of hydrogen-bond acceptors (Lipinski definition) is 1. The van der Waals surface area contributed by atoms with Crippen molar-refractivity contribution >= 4 is 0 Å². The fourth-order valence-electron chi connectivity index (χ4n) is 2.36. The topological polar surface area (TPSA) is 9.23 Å². The molecule has 1 heteroatoms. The van der Waals surface area contributed by atoms with Gasteiger partial charge in [0, 0.05) is 7.11 Å². The zero-order valence-electron chi connectivity index (χ0n) is 8.68. The standard InChI is InChI=1S/C11H22O/c1-4-9-6-10(5-2)8-11(7-9)12-3/h9-11H,4-8H2,1-3H3/t9-,10+,11?. The van der Waals surface area contributed by atoms with Gasteiger partial charge in [-0.25, -0.2) is 0 Å². The number of ether oxygens (including phenoxy) is 1. The van der Waals surface area contributed by atoms with Crippen molar-refractivity contribution in [1.82, 2.24) is 0 Å². The molecule has 0 spiro atoms. The third kappa shape index (κ3) is 2.48. The van der Waals surface area contributed by atoms with E-state index in [2.05, 4.69) is 13.8 Å². The maximum Gasteiger partial charge on any atom is 0.0576 e. The van der Waals surface area contributed by atoms with Crippen molar-refractivity contribution in [2.24, 2.45) is 11.8 Å². The predicted molar refractivity (Wildman–Crippen MR) is 52.2 cm³/mol. The van der Waals surface area contributed by atoms with Crippen molar-refractivity contribution in [3.63, 3.8) is 0 Å². The molecule has 3 atom stereocenters. The highest BCUT2D eigenvalue weighted by Crippen LogP contribution is 2.33. The lowest BCUT2D eigenvalue weighted by Gasteiger charge is -2.33. The molecule has 0 aromatic rings. The van der Waals surface area contributed by atoms with Crippen molar-refractivity contribution in [1.29, 1.82) is 0 Å². The molecular formula is C11H22O. The number of methoxy groups -OCH3 is 1. The van der Waals surface area contributed by atoms with Gasteiger partial charge in [-0.2, -0.15) is 0 Å². The zero-order valence-corrected chi connectivity index (χ0v) is 8.68. The molecule has 0 saturated heterocycles. The predicted octanol–water partition coefficient (Wildman–Crippen LogP) is 3.24. The van der Waals surface area contributed by atoms with Crippen LogP contribution in [0.25, 0.3) is 0 Å². The minimum atomic E-state index is 0.550. The monoisotopic (exact) mass is 170 g/mol. The average Bonchev–Trinajstić information content (AvgIpc) is 2.16. The van der Waals surface area contributed by atoms with E-state index in [-0.39, 0.29) is 0 Å². The summed E-state index contributed by atoms with van der Waals surface area (Å²) >= 11 is 0. The van der Waals surface area contributed by atoms with Crippen LogP contribution in [0.15, 0.2) is 0 Å². The van der Waals surface area contributed by atoms with Gasteiger partial charge in [-0.15, -0.1) is 0 Å². The van der Waals surface area contributed by atoms with E-state index in [1.165, 1.54) is 32.1 Å². The molecule has 1 nitrogen and oxygen atoms in total. The second kappa shape index (κ2) is 4.86. The first kappa shape index (κ1) is 10.0. The summed E-state index contributed by atoms with van der Waals surface area (Å²) in [6.45, 7) is 4.60. The Labute approximate surface area is 76.5 Å². The Morgan fingerprint density at radius 1 is 1.00 bits per heavy atom. The van der Waals surface area contributed by atoms with Crippen LogP contribution in [-0.4, -0.2) is 13.2 Å². The van der Waals surface area contributed by atoms with Gasteiger partial charge in [-0.1, -0.05) is 26.7 Å². The molecule has 12 heavy (non-hydrogen) atoms. The summed E-state index contributed by atoms with van der Waals surface area (Å²) in [6.07, 6.45) is 7.24. The molecule has 0 radical (unpaired) electrons. The maximum atomic E-state index is 5.46. The summed E-state index contributed by atoms with van der Waals surface area (Å²) in [6, 6.07) is 0. The molecule has 72 valence electrons. The van der Waals surface area contributed by atoms with E-state index in [1.54, 1.807) is 0 Å². The van der Waals surface area contributed by atoms with E-state index >= 15 is 0 Å². The lowest BCUT2D eigenvalue weighted by atomic mass is 9.77. The van der Waals surface area contributed by atoms with Crippen molar-refractivity contribution in [2.45, 2.75) is 52.1 Å². The van der Waals surface area contributed by atoms with Crippen LogP contribution in [-0.2, 0) is 4.74 Å². The van der Waals surface area contributed by atoms with E-state index in [0.29, 0.717) is 6.10 Å². The first-order valence-electron chi connectivity index (χ1n) is 5.32. The zero-order chi connectivity index (χ0) is 8.97. The van der Waals surface area contributed by atoms with Crippen LogP contribution < -0.4 is 0 Å². The Hall–Kier alpha value is -0.0400. The van der Waals surface area contributed by atoms with Gasteiger partial charge < -0.3 is 4.74 Å². The number of rotatable bonds is 3. The Bertz CT molecular complexity index is 92.4. The second-order valence-electron chi connectivity index (χ2n) is 4.11. The molecule has 1 saturated carbocycles. The van der Waals surface area contributed by atoms with Crippen LogP contribution >= 0.6 is 0 Å². The summed E-state index contributed by atoms with van der Waals surface area (Å²) in [7, 11) is 1.86. The summed E-state index contributed by atoms with van der Waals surface area (Å²) in [5, 5.41) is 0. The highest BCUT2D eigenvalue weighted by molar-refractivity contribution is 4.77. The summed E-state index contributed by atoms with van der Waals surface area (Å²) in [5.41, 5.74) is 0. The molecule has 0 aromatic carbocycles. The molecule has 0 heterocycles. The Kier molecular flexibility index (Phi) is 4.07. The van der Waals surface area contributed by atoms with Crippen molar-refractivity contribution in [2.75, 3.05) is 7.11 Å². The Balaban J connectivity index is 2.41. The minimum absolute atomic E-state index is 0.550. The van der Waals surface area contributed by atoms with Crippen LogP contribution in [0.4, 0.5) is 0 Å². The van der Waals surface area contributed by atoms with Crippen LogP contribution in [0.1, 0.15) is 46.0 Å². The molecule has 1 aliphatic carbocycles.